The van der Waals surface area contributed by atoms with Gasteiger partial charge in [0.25, 0.3) is 10.0 Å². The lowest BCUT2D eigenvalue weighted by atomic mass is 10.2. The van der Waals surface area contributed by atoms with E-state index in [9.17, 15) is 16.8 Å². The Bertz CT molecular complexity index is 1210. The first kappa shape index (κ1) is 24.0. The molecule has 0 aliphatic carbocycles. The van der Waals surface area contributed by atoms with Crippen molar-refractivity contribution in [3.05, 3.63) is 48.0 Å². The summed E-state index contributed by atoms with van der Waals surface area (Å²) in [4.78, 5) is 1.86. The summed E-state index contributed by atoms with van der Waals surface area (Å²) in [5, 5.41) is 9.10. The van der Waals surface area contributed by atoms with Gasteiger partial charge in [-0.2, -0.15) is 9.57 Å². The zero-order valence-corrected chi connectivity index (χ0v) is 19.6. The lowest BCUT2D eigenvalue weighted by molar-refractivity contribution is 0.123. The van der Waals surface area contributed by atoms with Crippen molar-refractivity contribution in [1.82, 2.24) is 4.31 Å². The molecule has 0 unspecified atom stereocenters. The van der Waals surface area contributed by atoms with E-state index < -0.39 is 20.0 Å². The molecule has 9 nitrogen and oxygen atoms in total. The Morgan fingerprint density at radius 3 is 2.34 bits per heavy atom. The fourth-order valence-corrected chi connectivity index (χ4v) is 6.08. The van der Waals surface area contributed by atoms with Crippen molar-refractivity contribution in [2.45, 2.75) is 23.6 Å². The number of nitrogens with one attached hydrogen (secondary N) is 1. The number of benzene rings is 2. The lowest BCUT2D eigenvalue weighted by Gasteiger charge is -2.31. The minimum absolute atomic E-state index is 0.00156. The Morgan fingerprint density at radius 2 is 1.72 bits per heavy atom. The van der Waals surface area contributed by atoms with Gasteiger partial charge in [0.15, 0.2) is 0 Å². The van der Waals surface area contributed by atoms with Gasteiger partial charge in [-0.3, -0.25) is 4.72 Å². The molecule has 11 heteroatoms. The van der Waals surface area contributed by atoms with Gasteiger partial charge in [-0.05, 0) is 36.4 Å². The largest absolute Gasteiger partial charge is 0.378 e. The normalized spacial score (nSPS) is 14.9. The summed E-state index contributed by atoms with van der Waals surface area (Å²) in [6.45, 7) is 6.13. The molecular weight excluding hydrogens is 452 g/mol. The smallest absolute Gasteiger partial charge is 0.262 e. The Kier molecular flexibility index (Phi) is 7.40. The van der Waals surface area contributed by atoms with E-state index >= 15 is 0 Å². The monoisotopic (exact) mass is 478 g/mol. The van der Waals surface area contributed by atoms with Crippen LogP contribution in [0.15, 0.2) is 52.3 Å². The predicted molar refractivity (Wildman–Crippen MR) is 122 cm³/mol. The molecular formula is C21H26N4O5S2. The van der Waals surface area contributed by atoms with E-state index in [0.717, 1.165) is 0 Å². The Morgan fingerprint density at radius 1 is 1.03 bits per heavy atom. The molecule has 0 amide bonds. The second-order valence-electron chi connectivity index (χ2n) is 7.11. The van der Waals surface area contributed by atoms with E-state index in [1.165, 1.54) is 40.7 Å². The minimum Gasteiger partial charge on any atom is -0.378 e. The number of sulfonamides is 2. The first-order chi connectivity index (χ1) is 15.2. The van der Waals surface area contributed by atoms with Crippen LogP contribution < -0.4 is 9.62 Å². The number of nitrogens with zero attached hydrogens (tertiary/aromatic N) is 3. The van der Waals surface area contributed by atoms with Gasteiger partial charge >= 0.3 is 0 Å². The van der Waals surface area contributed by atoms with E-state index in [2.05, 4.69) is 4.72 Å². The predicted octanol–water partition coefficient (Wildman–Crippen LogP) is 2.23. The van der Waals surface area contributed by atoms with E-state index in [1.807, 2.05) is 11.0 Å². The molecule has 0 saturated carbocycles. The molecule has 0 spiro atoms. The minimum atomic E-state index is -4.07. The fourth-order valence-electron chi connectivity index (χ4n) is 3.49. The third-order valence-corrected chi connectivity index (χ3v) is 8.59. The van der Waals surface area contributed by atoms with Crippen LogP contribution in [0.4, 0.5) is 11.4 Å². The van der Waals surface area contributed by atoms with E-state index in [4.69, 9.17) is 10.00 Å². The molecule has 1 N–H and O–H groups in total. The van der Waals surface area contributed by atoms with Crippen molar-refractivity contribution >= 4 is 31.4 Å². The summed E-state index contributed by atoms with van der Waals surface area (Å²) in [6.07, 6.45) is 0. The number of nitriles is 1. The van der Waals surface area contributed by atoms with Gasteiger partial charge in [0.05, 0.1) is 46.0 Å². The number of hydrogen-bond acceptors (Lipinski definition) is 7. The molecule has 0 bridgehead atoms. The SMILES string of the molecule is CCN(CC)S(=O)(=O)c1ccc(N2CCOCC2)c(NS(=O)(=O)c2cccc(C#N)c2)c1. The van der Waals surface area contributed by atoms with Crippen LogP contribution in [0.1, 0.15) is 19.4 Å². The van der Waals surface area contributed by atoms with Crippen molar-refractivity contribution in [3.8, 4) is 6.07 Å². The zero-order valence-electron chi connectivity index (χ0n) is 18.0. The Balaban J connectivity index is 2.09. The van der Waals surface area contributed by atoms with Crippen LogP contribution >= 0.6 is 0 Å². The van der Waals surface area contributed by atoms with Crippen LogP contribution in [0, 0.1) is 11.3 Å². The third kappa shape index (κ3) is 5.05. The summed E-state index contributed by atoms with van der Waals surface area (Å²) in [5.41, 5.74) is 0.924. The fraction of sp³-hybridized carbons (Fsp3) is 0.381. The maximum atomic E-state index is 13.1. The molecule has 3 rings (SSSR count). The van der Waals surface area contributed by atoms with Crippen LogP contribution in [-0.4, -0.2) is 60.5 Å². The van der Waals surface area contributed by atoms with Crippen LogP contribution in [0.25, 0.3) is 0 Å². The van der Waals surface area contributed by atoms with Crippen molar-refractivity contribution < 1.29 is 21.6 Å². The molecule has 172 valence electrons. The molecule has 1 aliphatic heterocycles. The number of ether oxygens (including phenoxy) is 1. The highest BCUT2D eigenvalue weighted by molar-refractivity contribution is 7.92. The number of rotatable bonds is 8. The molecule has 2 aromatic rings. The summed E-state index contributed by atoms with van der Waals surface area (Å²) < 4.78 is 61.5. The first-order valence-electron chi connectivity index (χ1n) is 10.2. The lowest BCUT2D eigenvalue weighted by Crippen LogP contribution is -2.37. The molecule has 1 fully saturated rings. The van der Waals surface area contributed by atoms with Gasteiger partial charge < -0.3 is 9.64 Å². The maximum Gasteiger partial charge on any atom is 0.262 e. The van der Waals surface area contributed by atoms with Crippen molar-refractivity contribution in [3.63, 3.8) is 0 Å². The first-order valence-corrected chi connectivity index (χ1v) is 13.1. The van der Waals surface area contributed by atoms with Gasteiger partial charge in [-0.15, -0.1) is 0 Å². The van der Waals surface area contributed by atoms with Crippen LogP contribution in [-0.2, 0) is 24.8 Å². The summed E-state index contributed by atoms with van der Waals surface area (Å²) in [5.74, 6) is 0. The summed E-state index contributed by atoms with van der Waals surface area (Å²) >= 11 is 0. The highest BCUT2D eigenvalue weighted by Crippen LogP contribution is 2.32. The highest BCUT2D eigenvalue weighted by Gasteiger charge is 2.26. The number of anilines is 2. The van der Waals surface area contributed by atoms with E-state index in [-0.39, 0.29) is 21.0 Å². The summed E-state index contributed by atoms with van der Waals surface area (Å²) in [6, 6.07) is 12.0. The second kappa shape index (κ2) is 9.87. The van der Waals surface area contributed by atoms with Gasteiger partial charge in [0.1, 0.15) is 0 Å². The van der Waals surface area contributed by atoms with Crippen molar-refractivity contribution in [2.24, 2.45) is 0 Å². The van der Waals surface area contributed by atoms with E-state index in [1.54, 1.807) is 19.9 Å². The molecule has 0 radical (unpaired) electrons. The topological polar surface area (TPSA) is 120 Å². The maximum absolute atomic E-state index is 13.1. The molecule has 32 heavy (non-hydrogen) atoms. The van der Waals surface area contributed by atoms with Gasteiger partial charge in [0.2, 0.25) is 10.0 Å². The molecule has 2 aromatic carbocycles. The molecule has 1 aliphatic rings. The van der Waals surface area contributed by atoms with Gasteiger partial charge in [-0.1, -0.05) is 19.9 Å². The molecule has 0 aromatic heterocycles. The van der Waals surface area contributed by atoms with Gasteiger partial charge in [-0.25, -0.2) is 16.8 Å². The average Bonchev–Trinajstić information content (AvgIpc) is 2.80. The average molecular weight is 479 g/mol. The Labute approximate surface area is 189 Å². The van der Waals surface area contributed by atoms with Crippen LogP contribution in [0.5, 0.6) is 0 Å². The number of morpholine rings is 1. The Hall–Kier alpha value is -2.65. The third-order valence-electron chi connectivity index (χ3n) is 5.18. The quantitative estimate of drug-likeness (QED) is 0.618. The summed E-state index contributed by atoms with van der Waals surface area (Å²) in [7, 11) is -7.86. The number of hydrogen-bond donors (Lipinski definition) is 1. The van der Waals surface area contributed by atoms with Crippen molar-refractivity contribution in [1.29, 1.82) is 5.26 Å². The highest BCUT2D eigenvalue weighted by atomic mass is 32.2. The second-order valence-corrected chi connectivity index (χ2v) is 10.7. The molecule has 1 heterocycles. The van der Waals surface area contributed by atoms with Crippen molar-refractivity contribution in [2.75, 3.05) is 49.0 Å². The van der Waals surface area contributed by atoms with Gasteiger partial charge in [0, 0.05) is 26.2 Å². The van der Waals surface area contributed by atoms with Crippen LogP contribution in [0.2, 0.25) is 0 Å². The van der Waals surface area contributed by atoms with Crippen LogP contribution in [0.3, 0.4) is 0 Å². The molecule has 1 saturated heterocycles. The zero-order chi connectivity index (χ0) is 23.4. The van der Waals surface area contributed by atoms with E-state index in [0.29, 0.717) is 45.1 Å². The molecule has 0 atom stereocenters. The standard InChI is InChI=1S/C21H26N4O5S2/c1-3-25(4-2)32(28,29)19-8-9-21(24-10-12-30-13-11-24)20(15-19)23-31(26,27)18-7-5-6-17(14-18)16-22/h5-9,14-15,23H,3-4,10-13H2,1-2H3.